The van der Waals surface area contributed by atoms with Gasteiger partial charge in [0.15, 0.2) is 5.96 Å². The fourth-order valence-corrected chi connectivity index (χ4v) is 2.63. The number of nitrogens with zero attached hydrogens (tertiary/aromatic N) is 3. The number of ether oxygens (including phenoxy) is 1. The number of hydrogen-bond acceptors (Lipinski definition) is 3. The van der Waals surface area contributed by atoms with Crippen molar-refractivity contribution in [1.29, 1.82) is 0 Å². The van der Waals surface area contributed by atoms with Gasteiger partial charge in [-0.15, -0.1) is 24.0 Å². The van der Waals surface area contributed by atoms with E-state index in [1.54, 1.807) is 7.11 Å². The van der Waals surface area contributed by atoms with Crippen molar-refractivity contribution < 1.29 is 4.74 Å². The van der Waals surface area contributed by atoms with Crippen molar-refractivity contribution >= 4 is 35.6 Å². The first-order chi connectivity index (χ1) is 10.3. The Morgan fingerprint density at radius 3 is 2.45 bits per heavy atom. The van der Waals surface area contributed by atoms with Gasteiger partial charge in [0.25, 0.3) is 0 Å². The number of para-hydroxylation sites is 2. The lowest BCUT2D eigenvalue weighted by atomic mass is 10.2. The lowest BCUT2D eigenvalue weighted by molar-refractivity contribution is 0.367. The molecule has 22 heavy (non-hydrogen) atoms. The van der Waals surface area contributed by atoms with Crippen LogP contribution in [0.5, 0.6) is 5.75 Å². The summed E-state index contributed by atoms with van der Waals surface area (Å²) in [6.07, 6.45) is 0. The molecule has 0 radical (unpaired) electrons. The molecular formula is C16H27IN4O. The van der Waals surface area contributed by atoms with Crippen molar-refractivity contribution in [2.75, 3.05) is 51.3 Å². The molecule has 124 valence electrons. The van der Waals surface area contributed by atoms with E-state index in [9.17, 15) is 0 Å². The fourth-order valence-electron chi connectivity index (χ4n) is 2.63. The van der Waals surface area contributed by atoms with E-state index in [4.69, 9.17) is 4.74 Å². The Labute approximate surface area is 150 Å². The second kappa shape index (κ2) is 9.76. The average Bonchev–Trinajstić information content (AvgIpc) is 2.55. The Hall–Kier alpha value is -1.18. The molecule has 2 rings (SSSR count). The van der Waals surface area contributed by atoms with E-state index in [0.717, 1.165) is 51.0 Å². The first-order valence-corrected chi connectivity index (χ1v) is 7.71. The van der Waals surface area contributed by atoms with E-state index in [1.165, 1.54) is 5.69 Å². The van der Waals surface area contributed by atoms with Gasteiger partial charge in [0.05, 0.1) is 12.8 Å². The Kier molecular flexibility index (Phi) is 8.37. The number of hydrogen-bond donors (Lipinski definition) is 1. The lowest BCUT2D eigenvalue weighted by Gasteiger charge is -2.38. The van der Waals surface area contributed by atoms with Crippen LogP contribution in [0.25, 0.3) is 0 Å². The summed E-state index contributed by atoms with van der Waals surface area (Å²) in [7, 11) is 1.73. The summed E-state index contributed by atoms with van der Waals surface area (Å²) in [4.78, 5) is 9.27. The van der Waals surface area contributed by atoms with Gasteiger partial charge in [-0.1, -0.05) is 12.1 Å². The predicted molar refractivity (Wildman–Crippen MR) is 104 cm³/mol. The topological polar surface area (TPSA) is 40.1 Å². The van der Waals surface area contributed by atoms with Crippen molar-refractivity contribution in [2.45, 2.75) is 13.8 Å². The molecule has 0 bridgehead atoms. The minimum atomic E-state index is 0. The van der Waals surface area contributed by atoms with Gasteiger partial charge in [0.2, 0.25) is 0 Å². The van der Waals surface area contributed by atoms with Crippen molar-refractivity contribution in [1.82, 2.24) is 10.2 Å². The van der Waals surface area contributed by atoms with Crippen molar-refractivity contribution in [3.63, 3.8) is 0 Å². The van der Waals surface area contributed by atoms with Crippen LogP contribution in [0.15, 0.2) is 29.3 Å². The maximum atomic E-state index is 5.46. The van der Waals surface area contributed by atoms with Gasteiger partial charge in [-0.2, -0.15) is 0 Å². The van der Waals surface area contributed by atoms with Gasteiger partial charge in [0.1, 0.15) is 5.75 Å². The maximum absolute atomic E-state index is 5.46. The molecule has 0 saturated carbocycles. The van der Waals surface area contributed by atoms with E-state index in [1.807, 2.05) is 12.1 Å². The number of methoxy groups -OCH3 is 1. The van der Waals surface area contributed by atoms with Gasteiger partial charge in [-0.3, -0.25) is 4.99 Å². The standard InChI is InChI=1S/C16H26N4O.HI/c1-4-17-16(18-5-2)20-12-10-19(11-13-20)14-8-6-7-9-15(14)21-3;/h6-9H,4-5,10-13H2,1-3H3,(H,17,18);1H. The SMILES string of the molecule is CCN=C(NCC)N1CCN(c2ccccc2OC)CC1.I. The molecule has 0 unspecified atom stereocenters. The molecule has 5 nitrogen and oxygen atoms in total. The molecule has 1 aliphatic rings. The molecule has 0 atom stereocenters. The molecule has 0 spiro atoms. The lowest BCUT2D eigenvalue weighted by Crippen LogP contribution is -2.52. The van der Waals surface area contributed by atoms with Gasteiger partial charge < -0.3 is 19.9 Å². The summed E-state index contributed by atoms with van der Waals surface area (Å²) in [6.45, 7) is 9.82. The molecule has 0 aliphatic carbocycles. The third-order valence-corrected chi connectivity index (χ3v) is 3.65. The molecule has 1 N–H and O–H groups in total. The van der Waals surface area contributed by atoms with E-state index >= 15 is 0 Å². The quantitative estimate of drug-likeness (QED) is 0.463. The zero-order valence-electron chi connectivity index (χ0n) is 13.7. The third-order valence-electron chi connectivity index (χ3n) is 3.65. The number of aliphatic imine (C=N–C) groups is 1. The van der Waals surface area contributed by atoms with Crippen LogP contribution in [0.3, 0.4) is 0 Å². The van der Waals surface area contributed by atoms with Crippen LogP contribution in [-0.4, -0.2) is 57.2 Å². The number of rotatable bonds is 4. The maximum Gasteiger partial charge on any atom is 0.194 e. The fraction of sp³-hybridized carbons (Fsp3) is 0.562. The zero-order chi connectivity index (χ0) is 15.1. The van der Waals surface area contributed by atoms with Crippen LogP contribution in [0, 0.1) is 0 Å². The van der Waals surface area contributed by atoms with E-state index in [2.05, 4.69) is 46.1 Å². The summed E-state index contributed by atoms with van der Waals surface area (Å²) >= 11 is 0. The number of benzene rings is 1. The van der Waals surface area contributed by atoms with E-state index in [-0.39, 0.29) is 24.0 Å². The Morgan fingerprint density at radius 2 is 1.86 bits per heavy atom. The summed E-state index contributed by atoms with van der Waals surface area (Å²) in [5.74, 6) is 1.97. The second-order valence-corrected chi connectivity index (χ2v) is 4.97. The number of piperazine rings is 1. The molecule has 1 aliphatic heterocycles. The number of halogens is 1. The van der Waals surface area contributed by atoms with Gasteiger partial charge in [-0.25, -0.2) is 0 Å². The van der Waals surface area contributed by atoms with Crippen LogP contribution in [0.1, 0.15) is 13.8 Å². The van der Waals surface area contributed by atoms with Crippen LogP contribution >= 0.6 is 24.0 Å². The van der Waals surface area contributed by atoms with Crippen LogP contribution < -0.4 is 15.0 Å². The summed E-state index contributed by atoms with van der Waals surface area (Å²) in [5.41, 5.74) is 1.18. The summed E-state index contributed by atoms with van der Waals surface area (Å²) in [6, 6.07) is 8.22. The van der Waals surface area contributed by atoms with Crippen LogP contribution in [0.2, 0.25) is 0 Å². The molecule has 0 amide bonds. The minimum Gasteiger partial charge on any atom is -0.495 e. The highest BCUT2D eigenvalue weighted by atomic mass is 127. The van der Waals surface area contributed by atoms with Gasteiger partial charge >= 0.3 is 0 Å². The summed E-state index contributed by atoms with van der Waals surface area (Å²) in [5, 5.41) is 3.36. The van der Waals surface area contributed by atoms with Crippen molar-refractivity contribution in [3.05, 3.63) is 24.3 Å². The average molecular weight is 418 g/mol. The van der Waals surface area contributed by atoms with Crippen molar-refractivity contribution in [3.8, 4) is 5.75 Å². The zero-order valence-corrected chi connectivity index (χ0v) is 16.0. The molecule has 1 fully saturated rings. The van der Waals surface area contributed by atoms with Gasteiger partial charge in [-0.05, 0) is 26.0 Å². The molecule has 1 aromatic carbocycles. The van der Waals surface area contributed by atoms with Crippen molar-refractivity contribution in [2.24, 2.45) is 4.99 Å². The highest BCUT2D eigenvalue weighted by molar-refractivity contribution is 14.0. The monoisotopic (exact) mass is 418 g/mol. The predicted octanol–water partition coefficient (Wildman–Crippen LogP) is 2.42. The van der Waals surface area contributed by atoms with Gasteiger partial charge in [0, 0.05) is 39.3 Å². The number of anilines is 1. The Morgan fingerprint density at radius 1 is 1.18 bits per heavy atom. The Bertz CT molecular complexity index is 473. The minimum absolute atomic E-state index is 0. The molecule has 1 aromatic rings. The number of guanidine groups is 1. The number of nitrogens with one attached hydrogen (secondary N) is 1. The molecular weight excluding hydrogens is 391 g/mol. The largest absolute Gasteiger partial charge is 0.495 e. The normalized spacial score (nSPS) is 15.3. The van der Waals surface area contributed by atoms with Crippen LogP contribution in [-0.2, 0) is 0 Å². The summed E-state index contributed by atoms with van der Waals surface area (Å²) < 4.78 is 5.46. The highest BCUT2D eigenvalue weighted by Crippen LogP contribution is 2.28. The van der Waals surface area contributed by atoms with E-state index in [0.29, 0.717) is 0 Å². The van der Waals surface area contributed by atoms with E-state index < -0.39 is 0 Å². The highest BCUT2D eigenvalue weighted by Gasteiger charge is 2.21. The molecule has 1 saturated heterocycles. The molecule has 1 heterocycles. The second-order valence-electron chi connectivity index (χ2n) is 4.97. The molecule has 6 heteroatoms. The first kappa shape index (κ1) is 18.9. The molecule has 0 aromatic heterocycles. The Balaban J connectivity index is 0.00000242. The smallest absolute Gasteiger partial charge is 0.194 e. The first-order valence-electron chi connectivity index (χ1n) is 7.71. The third kappa shape index (κ3) is 4.66. The van der Waals surface area contributed by atoms with Crippen LogP contribution in [0.4, 0.5) is 5.69 Å².